The predicted molar refractivity (Wildman–Crippen MR) is 106 cm³/mol. The molecule has 2 aliphatic carbocycles. The molecule has 0 unspecified atom stereocenters. The Morgan fingerprint density at radius 2 is 1.73 bits per heavy atom. The monoisotopic (exact) mass is 418 g/mol. The van der Waals surface area contributed by atoms with Gasteiger partial charge in [0.1, 0.15) is 11.6 Å². The van der Waals surface area contributed by atoms with Gasteiger partial charge in [-0.15, -0.1) is 0 Å². The summed E-state index contributed by atoms with van der Waals surface area (Å²) in [5.41, 5.74) is 1.76. The van der Waals surface area contributed by atoms with Crippen molar-refractivity contribution in [3.63, 3.8) is 0 Å². The highest BCUT2D eigenvalue weighted by molar-refractivity contribution is 5.85. The molecule has 0 saturated heterocycles. The van der Waals surface area contributed by atoms with Crippen LogP contribution in [0.1, 0.15) is 37.3 Å². The Hall–Kier alpha value is -2.68. The average Bonchev–Trinajstić information content (AvgIpc) is 3.58. The van der Waals surface area contributed by atoms with E-state index in [4.69, 9.17) is 9.97 Å². The second kappa shape index (κ2) is 6.66. The maximum atomic E-state index is 14.4. The van der Waals surface area contributed by atoms with Gasteiger partial charge >= 0.3 is 6.61 Å². The number of imidazole rings is 1. The van der Waals surface area contributed by atoms with Crippen LogP contribution in [0, 0.1) is 19.7 Å². The molecule has 2 heterocycles. The summed E-state index contributed by atoms with van der Waals surface area (Å²) >= 11 is 0. The second-order valence-electron chi connectivity index (χ2n) is 8.36. The third kappa shape index (κ3) is 3.03. The van der Waals surface area contributed by atoms with E-state index in [2.05, 4.69) is 16.8 Å². The Balaban J connectivity index is 1.67. The molecule has 2 fully saturated rings. The SMILES string of the molecule is Cc1nc([N+](C)(C2CC2)C2CC2)c2nc(C)n(-c3ccc(OC(F)F)c(F)c3)c2n1. The number of aryl methyl sites for hydroxylation is 2. The van der Waals surface area contributed by atoms with Crippen LogP contribution in [-0.4, -0.2) is 45.3 Å². The van der Waals surface area contributed by atoms with Gasteiger partial charge < -0.3 is 4.74 Å². The van der Waals surface area contributed by atoms with E-state index in [0.29, 0.717) is 40.6 Å². The first-order valence-electron chi connectivity index (χ1n) is 10.1. The smallest absolute Gasteiger partial charge is 0.387 e. The number of alkyl halides is 2. The van der Waals surface area contributed by atoms with Crippen LogP contribution in [0.5, 0.6) is 5.75 Å². The van der Waals surface area contributed by atoms with Gasteiger partial charge in [0, 0.05) is 31.7 Å². The molecule has 9 heteroatoms. The Bertz CT molecular complexity index is 1130. The van der Waals surface area contributed by atoms with Crippen molar-refractivity contribution in [3.8, 4) is 11.4 Å². The molecule has 30 heavy (non-hydrogen) atoms. The van der Waals surface area contributed by atoms with E-state index < -0.39 is 18.2 Å². The topological polar surface area (TPSA) is 52.8 Å². The van der Waals surface area contributed by atoms with Crippen molar-refractivity contribution in [2.45, 2.75) is 58.2 Å². The molecule has 0 radical (unpaired) electrons. The highest BCUT2D eigenvalue weighted by atomic mass is 19.3. The van der Waals surface area contributed by atoms with Crippen LogP contribution in [0.4, 0.5) is 19.0 Å². The number of nitrogens with zero attached hydrogens (tertiary/aromatic N) is 5. The van der Waals surface area contributed by atoms with Crippen molar-refractivity contribution in [1.29, 1.82) is 0 Å². The molecule has 1 aromatic carbocycles. The number of benzene rings is 1. The molecule has 0 N–H and O–H groups in total. The van der Waals surface area contributed by atoms with Crippen molar-refractivity contribution in [2.75, 3.05) is 7.05 Å². The lowest BCUT2D eigenvalue weighted by Gasteiger charge is -2.33. The summed E-state index contributed by atoms with van der Waals surface area (Å²) in [6, 6.07) is 4.99. The lowest BCUT2D eigenvalue weighted by molar-refractivity contribution is -0.0521. The van der Waals surface area contributed by atoms with E-state index in [1.807, 2.05) is 13.8 Å². The van der Waals surface area contributed by atoms with Gasteiger partial charge in [0.15, 0.2) is 22.7 Å². The summed E-state index contributed by atoms with van der Waals surface area (Å²) in [5.74, 6) is 0.821. The van der Waals surface area contributed by atoms with E-state index >= 15 is 0 Å². The Morgan fingerprint density at radius 3 is 2.30 bits per heavy atom. The van der Waals surface area contributed by atoms with Gasteiger partial charge in [-0.2, -0.15) is 13.8 Å². The van der Waals surface area contributed by atoms with E-state index in [-0.39, 0.29) is 0 Å². The Morgan fingerprint density at radius 1 is 1.07 bits per heavy atom. The first-order chi connectivity index (χ1) is 14.3. The lowest BCUT2D eigenvalue weighted by Crippen LogP contribution is -2.50. The van der Waals surface area contributed by atoms with Gasteiger partial charge in [-0.05, 0) is 26.0 Å². The molecule has 2 saturated carbocycles. The zero-order valence-electron chi connectivity index (χ0n) is 17.1. The molecule has 6 nitrogen and oxygen atoms in total. The van der Waals surface area contributed by atoms with Gasteiger partial charge in [0.25, 0.3) is 5.82 Å². The third-order valence-corrected chi connectivity index (χ3v) is 6.22. The molecule has 2 aliphatic rings. The van der Waals surface area contributed by atoms with Gasteiger partial charge in [-0.25, -0.2) is 14.4 Å². The molecule has 5 rings (SSSR count). The van der Waals surface area contributed by atoms with Gasteiger partial charge in [0.05, 0.1) is 24.8 Å². The van der Waals surface area contributed by atoms with E-state index in [1.54, 1.807) is 4.57 Å². The van der Waals surface area contributed by atoms with Crippen LogP contribution in [0.25, 0.3) is 16.9 Å². The Kier molecular flexibility index (Phi) is 4.29. The van der Waals surface area contributed by atoms with Crippen molar-refractivity contribution in [3.05, 3.63) is 35.7 Å². The number of halogens is 3. The number of hydrogen-bond donors (Lipinski definition) is 0. The molecule has 0 bridgehead atoms. The largest absolute Gasteiger partial charge is 0.432 e. The maximum absolute atomic E-state index is 14.4. The fraction of sp³-hybridized carbons (Fsp3) is 0.476. The van der Waals surface area contributed by atoms with Crippen molar-refractivity contribution < 1.29 is 17.9 Å². The minimum Gasteiger partial charge on any atom is -0.432 e. The standard InChI is InChI=1S/C21H23F3N5O/c1-11-25-19-18(20(26-11)29(3,14-5-6-14)15-7-8-15)27-12(2)28(19)13-4-9-17(16(22)10-13)30-21(23)24/h4,9-10,14-15,21H,5-8H2,1-3H3/q+1. The van der Waals surface area contributed by atoms with Crippen LogP contribution >= 0.6 is 0 Å². The van der Waals surface area contributed by atoms with Crippen molar-refractivity contribution in [2.24, 2.45) is 0 Å². The molecular weight excluding hydrogens is 395 g/mol. The minimum absolute atomic E-state index is 0.449. The van der Waals surface area contributed by atoms with Gasteiger partial charge in [0.2, 0.25) is 0 Å². The highest BCUT2D eigenvalue weighted by Gasteiger charge is 2.55. The minimum atomic E-state index is -3.08. The lowest BCUT2D eigenvalue weighted by atomic mass is 10.2. The summed E-state index contributed by atoms with van der Waals surface area (Å²) < 4.78 is 46.0. The van der Waals surface area contributed by atoms with Gasteiger partial charge in [-0.1, -0.05) is 0 Å². The van der Waals surface area contributed by atoms with Crippen LogP contribution < -0.4 is 9.22 Å². The maximum Gasteiger partial charge on any atom is 0.387 e. The van der Waals surface area contributed by atoms with Crippen LogP contribution in [0.15, 0.2) is 18.2 Å². The average molecular weight is 418 g/mol. The van der Waals surface area contributed by atoms with E-state index in [9.17, 15) is 13.2 Å². The summed E-state index contributed by atoms with van der Waals surface area (Å²) in [6.07, 6.45) is 4.70. The summed E-state index contributed by atoms with van der Waals surface area (Å²) in [5, 5.41) is 0. The van der Waals surface area contributed by atoms with E-state index in [1.165, 1.54) is 43.9 Å². The first kappa shape index (κ1) is 19.3. The Labute approximate surface area is 171 Å². The van der Waals surface area contributed by atoms with Crippen molar-refractivity contribution >= 4 is 17.0 Å². The van der Waals surface area contributed by atoms with E-state index in [0.717, 1.165) is 10.3 Å². The van der Waals surface area contributed by atoms with Gasteiger partial charge in [-0.3, -0.25) is 9.05 Å². The summed E-state index contributed by atoms with van der Waals surface area (Å²) in [4.78, 5) is 14.2. The zero-order chi connectivity index (χ0) is 21.2. The molecule has 0 aliphatic heterocycles. The van der Waals surface area contributed by atoms with Crippen LogP contribution in [0.2, 0.25) is 0 Å². The number of hydrogen-bond acceptors (Lipinski definition) is 4. The summed E-state index contributed by atoms with van der Waals surface area (Å²) in [6.45, 7) is 0.584. The predicted octanol–water partition coefficient (Wildman–Crippen LogP) is 4.43. The molecule has 0 atom stereocenters. The van der Waals surface area contributed by atoms with Crippen LogP contribution in [0.3, 0.4) is 0 Å². The highest BCUT2D eigenvalue weighted by Crippen LogP contribution is 2.47. The fourth-order valence-corrected chi connectivity index (χ4v) is 4.49. The molecular formula is C21H23F3N5O+. The quantitative estimate of drug-likeness (QED) is 0.556. The second-order valence-corrected chi connectivity index (χ2v) is 8.36. The fourth-order valence-electron chi connectivity index (χ4n) is 4.49. The van der Waals surface area contributed by atoms with Crippen LogP contribution in [-0.2, 0) is 0 Å². The molecule has 3 aromatic rings. The number of quaternary nitrogens is 1. The number of aromatic nitrogens is 4. The molecule has 0 spiro atoms. The number of ether oxygens (including phenoxy) is 1. The molecule has 158 valence electrons. The number of rotatable bonds is 6. The summed E-state index contributed by atoms with van der Waals surface area (Å²) in [7, 11) is 2.24. The first-order valence-corrected chi connectivity index (χ1v) is 10.1. The molecule has 0 amide bonds. The van der Waals surface area contributed by atoms with Crippen molar-refractivity contribution in [1.82, 2.24) is 24.0 Å². The molecule has 2 aromatic heterocycles. The zero-order valence-corrected chi connectivity index (χ0v) is 17.1. The number of fused-ring (bicyclic) bond motifs is 1. The normalized spacial score (nSPS) is 17.2. The third-order valence-electron chi connectivity index (χ3n) is 6.22.